The van der Waals surface area contributed by atoms with Crippen molar-refractivity contribution in [3.8, 4) is 0 Å². The average molecular weight is 303 g/mol. The van der Waals surface area contributed by atoms with Crippen molar-refractivity contribution in [1.82, 2.24) is 0 Å². The Morgan fingerprint density at radius 2 is 1.82 bits per heavy atom. The molecule has 22 heavy (non-hydrogen) atoms. The molecule has 2 fully saturated rings. The molecular weight excluding hydrogens is 289 g/mol. The average Bonchev–Trinajstić information content (AvgIpc) is 3.07. The Morgan fingerprint density at radius 1 is 1.18 bits per heavy atom. The Labute approximate surface area is 126 Å². The molecule has 1 aromatic carbocycles. The smallest absolute Gasteiger partial charge is 0.241 e. The van der Waals surface area contributed by atoms with Gasteiger partial charge in [-0.05, 0) is 31.2 Å². The highest BCUT2D eigenvalue weighted by Gasteiger charge is 2.72. The number of amides is 2. The van der Waals surface area contributed by atoms with E-state index in [4.69, 9.17) is 4.74 Å². The van der Waals surface area contributed by atoms with Crippen molar-refractivity contribution in [2.45, 2.75) is 18.1 Å². The third kappa shape index (κ3) is 1.43. The van der Waals surface area contributed by atoms with Gasteiger partial charge in [0.1, 0.15) is 11.4 Å². The first kappa shape index (κ1) is 13.6. The summed E-state index contributed by atoms with van der Waals surface area (Å²) in [5.41, 5.74) is -1.70. The number of aliphatic hydroxyl groups excluding tert-OH is 1. The molecule has 0 aliphatic carbocycles. The van der Waals surface area contributed by atoms with Crippen LogP contribution in [0.4, 0.5) is 10.1 Å². The first-order valence-corrected chi connectivity index (χ1v) is 7.07. The highest BCUT2D eigenvalue weighted by Crippen LogP contribution is 2.57. The first-order valence-electron chi connectivity index (χ1n) is 7.07. The van der Waals surface area contributed by atoms with Crippen LogP contribution < -0.4 is 4.90 Å². The van der Waals surface area contributed by atoms with Gasteiger partial charge in [-0.2, -0.15) is 0 Å². The number of ether oxygens (including phenoxy) is 1. The van der Waals surface area contributed by atoms with Gasteiger partial charge >= 0.3 is 0 Å². The number of nitrogens with zero attached hydrogens (tertiary/aromatic N) is 1. The van der Waals surface area contributed by atoms with Crippen LogP contribution >= 0.6 is 0 Å². The lowest BCUT2D eigenvalue weighted by Gasteiger charge is -2.26. The summed E-state index contributed by atoms with van der Waals surface area (Å²) in [5, 5.41) is 9.69. The van der Waals surface area contributed by atoms with Crippen LogP contribution in [0.25, 0.3) is 0 Å². The van der Waals surface area contributed by atoms with Crippen LogP contribution in [0.15, 0.2) is 36.4 Å². The van der Waals surface area contributed by atoms with Crippen LogP contribution in [-0.4, -0.2) is 34.7 Å². The van der Waals surface area contributed by atoms with E-state index in [9.17, 15) is 19.1 Å². The van der Waals surface area contributed by atoms with E-state index in [1.54, 1.807) is 19.1 Å². The molecule has 3 aliphatic rings. The summed E-state index contributed by atoms with van der Waals surface area (Å²) in [6.07, 6.45) is 3.41. The third-order valence-corrected chi connectivity index (χ3v) is 4.89. The third-order valence-electron chi connectivity index (χ3n) is 4.89. The highest BCUT2D eigenvalue weighted by molar-refractivity contribution is 6.23. The van der Waals surface area contributed by atoms with Gasteiger partial charge in [0, 0.05) is 0 Å². The van der Waals surface area contributed by atoms with E-state index < -0.39 is 34.8 Å². The van der Waals surface area contributed by atoms with Gasteiger partial charge in [-0.1, -0.05) is 12.2 Å². The quantitative estimate of drug-likeness (QED) is 0.654. The van der Waals surface area contributed by atoms with Crippen molar-refractivity contribution in [3.05, 3.63) is 42.2 Å². The van der Waals surface area contributed by atoms with Gasteiger partial charge in [-0.15, -0.1) is 0 Å². The van der Waals surface area contributed by atoms with E-state index in [0.29, 0.717) is 5.69 Å². The van der Waals surface area contributed by atoms with Gasteiger partial charge in [0.05, 0.1) is 29.7 Å². The maximum atomic E-state index is 13.1. The number of carbonyl (C=O) groups excluding carboxylic acids is 2. The number of halogens is 1. The molecule has 2 amide bonds. The van der Waals surface area contributed by atoms with Gasteiger partial charge in [0.25, 0.3) is 0 Å². The normalized spacial score (nSPS) is 39.0. The fraction of sp³-hybridized carbons (Fsp3) is 0.375. The summed E-state index contributed by atoms with van der Waals surface area (Å²) >= 11 is 0. The Kier molecular flexibility index (Phi) is 2.49. The second-order valence-corrected chi connectivity index (χ2v) is 6.18. The summed E-state index contributed by atoms with van der Waals surface area (Å²) in [4.78, 5) is 26.6. The Hall–Kier alpha value is -2.05. The summed E-state index contributed by atoms with van der Waals surface area (Å²) in [5.74, 6) is -2.63. The zero-order chi connectivity index (χ0) is 15.7. The fourth-order valence-corrected chi connectivity index (χ4v) is 3.89. The number of fused-ring (bicyclic) bond motifs is 5. The van der Waals surface area contributed by atoms with Gasteiger partial charge in [-0.25, -0.2) is 9.29 Å². The van der Waals surface area contributed by atoms with Crippen LogP contribution in [0.5, 0.6) is 0 Å². The van der Waals surface area contributed by atoms with Crippen molar-refractivity contribution < 1.29 is 23.8 Å². The standard InChI is InChI=1S/C16H14FNO4/c1-15-6-7-16(8-19,22-15)12-11(15)13(20)18(14(12)21)10-4-2-9(17)3-5-10/h2-7,11-12,19H,8H2,1H3/t11-,12-,15+,16-/m1/s1. The van der Waals surface area contributed by atoms with E-state index in [1.165, 1.54) is 24.3 Å². The monoisotopic (exact) mass is 303 g/mol. The lowest BCUT2D eigenvalue weighted by Crippen LogP contribution is -2.43. The van der Waals surface area contributed by atoms with E-state index >= 15 is 0 Å². The van der Waals surface area contributed by atoms with Crippen LogP contribution in [-0.2, 0) is 14.3 Å². The van der Waals surface area contributed by atoms with Gasteiger partial charge in [-0.3, -0.25) is 9.59 Å². The number of imide groups is 1. The molecule has 1 N–H and O–H groups in total. The van der Waals surface area contributed by atoms with Crippen LogP contribution in [0, 0.1) is 17.7 Å². The Balaban J connectivity index is 1.80. The largest absolute Gasteiger partial charge is 0.393 e. The molecule has 0 radical (unpaired) electrons. The second-order valence-electron chi connectivity index (χ2n) is 6.18. The topological polar surface area (TPSA) is 66.8 Å². The number of hydrogen-bond donors (Lipinski definition) is 1. The summed E-state index contributed by atoms with van der Waals surface area (Å²) in [6.45, 7) is 1.38. The zero-order valence-electron chi connectivity index (χ0n) is 11.8. The number of hydrogen-bond acceptors (Lipinski definition) is 4. The van der Waals surface area contributed by atoms with Gasteiger partial charge in [0.2, 0.25) is 11.8 Å². The minimum Gasteiger partial charge on any atom is -0.393 e. The van der Waals surface area contributed by atoms with Crippen LogP contribution in [0.2, 0.25) is 0 Å². The molecular formula is C16H14FNO4. The van der Waals surface area contributed by atoms with Gasteiger partial charge in [0.15, 0.2) is 0 Å². The zero-order valence-corrected chi connectivity index (χ0v) is 11.8. The minimum atomic E-state index is -1.14. The SMILES string of the molecule is C[C@@]12C=C[C@](CO)(O1)[C@H]1C(=O)N(c3ccc(F)cc3)C(=O)[C@@H]12. The van der Waals surface area contributed by atoms with Crippen LogP contribution in [0.3, 0.4) is 0 Å². The predicted molar refractivity (Wildman–Crippen MR) is 74.3 cm³/mol. The molecule has 0 unspecified atom stereocenters. The number of benzene rings is 1. The molecule has 3 aliphatic heterocycles. The van der Waals surface area contributed by atoms with Gasteiger partial charge < -0.3 is 9.84 Å². The van der Waals surface area contributed by atoms with E-state index in [-0.39, 0.29) is 12.5 Å². The number of rotatable bonds is 2. The van der Waals surface area contributed by atoms with Crippen molar-refractivity contribution in [1.29, 1.82) is 0 Å². The molecule has 2 saturated heterocycles. The van der Waals surface area contributed by atoms with Crippen molar-refractivity contribution in [2.24, 2.45) is 11.8 Å². The fourth-order valence-electron chi connectivity index (χ4n) is 3.89. The molecule has 114 valence electrons. The molecule has 3 heterocycles. The summed E-state index contributed by atoms with van der Waals surface area (Å²) < 4.78 is 18.9. The lowest BCUT2D eigenvalue weighted by atomic mass is 9.73. The van der Waals surface area contributed by atoms with Crippen molar-refractivity contribution >= 4 is 17.5 Å². The maximum Gasteiger partial charge on any atom is 0.241 e. The second kappa shape index (κ2) is 4.02. The molecule has 4 atom stereocenters. The lowest BCUT2D eigenvalue weighted by molar-refractivity contribution is -0.131. The number of anilines is 1. The van der Waals surface area contributed by atoms with Crippen LogP contribution in [0.1, 0.15) is 6.92 Å². The molecule has 5 nitrogen and oxygen atoms in total. The molecule has 2 bridgehead atoms. The van der Waals surface area contributed by atoms with Crippen molar-refractivity contribution in [2.75, 3.05) is 11.5 Å². The van der Waals surface area contributed by atoms with E-state index in [0.717, 1.165) is 4.90 Å². The summed E-state index contributed by atoms with van der Waals surface area (Å²) in [6, 6.07) is 5.21. The summed E-state index contributed by atoms with van der Waals surface area (Å²) in [7, 11) is 0. The molecule has 0 saturated carbocycles. The predicted octanol–water partition coefficient (Wildman–Crippen LogP) is 1.02. The maximum absolute atomic E-state index is 13.1. The van der Waals surface area contributed by atoms with E-state index in [2.05, 4.69) is 0 Å². The number of aliphatic hydroxyl groups is 1. The van der Waals surface area contributed by atoms with Crippen molar-refractivity contribution in [3.63, 3.8) is 0 Å². The molecule has 1 aromatic rings. The Bertz CT molecular complexity index is 715. The highest BCUT2D eigenvalue weighted by atomic mass is 19.1. The number of carbonyl (C=O) groups is 2. The molecule has 6 heteroatoms. The Morgan fingerprint density at radius 3 is 2.45 bits per heavy atom. The molecule has 4 rings (SSSR count). The first-order chi connectivity index (χ1) is 10.4. The minimum absolute atomic E-state index is 0.335. The van der Waals surface area contributed by atoms with E-state index in [1.807, 2.05) is 0 Å². The molecule has 0 spiro atoms. The molecule has 0 aromatic heterocycles.